The van der Waals surface area contributed by atoms with E-state index < -0.39 is 6.10 Å². The zero-order chi connectivity index (χ0) is 58.5. The second kappa shape index (κ2) is 69.3. The lowest BCUT2D eigenvalue weighted by Crippen LogP contribution is -2.30. The van der Waals surface area contributed by atoms with E-state index in [0.29, 0.717) is 19.3 Å². The average Bonchev–Trinajstić information content (AvgIpc) is 3.47. The predicted molar refractivity (Wildman–Crippen MR) is 353 cm³/mol. The summed E-state index contributed by atoms with van der Waals surface area (Å²) < 4.78 is 17.0. The average molecular weight is 1130 g/mol. The Balaban J connectivity index is 4.36. The Morgan fingerprint density at radius 3 is 0.765 bits per heavy atom. The van der Waals surface area contributed by atoms with E-state index in [0.717, 1.165) is 109 Å². The van der Waals surface area contributed by atoms with Gasteiger partial charge in [0.25, 0.3) is 0 Å². The van der Waals surface area contributed by atoms with Gasteiger partial charge in [-0.05, 0) is 89.9 Å². The molecule has 0 rings (SSSR count). The number of rotatable bonds is 65. The van der Waals surface area contributed by atoms with Crippen LogP contribution < -0.4 is 0 Å². The van der Waals surface area contributed by atoms with Crippen molar-refractivity contribution in [2.75, 3.05) is 13.2 Å². The maximum absolute atomic E-state index is 13.0. The number of hydrogen-bond acceptors (Lipinski definition) is 6. The lowest BCUT2D eigenvalue weighted by atomic mass is 10.0. The molecule has 1 atom stereocenters. The summed E-state index contributed by atoms with van der Waals surface area (Å²) in [7, 11) is 0. The highest BCUT2D eigenvalue weighted by Gasteiger charge is 2.19. The molecule has 0 heterocycles. The Kier molecular flexibility index (Phi) is 66.6. The Morgan fingerprint density at radius 2 is 0.481 bits per heavy atom. The van der Waals surface area contributed by atoms with Crippen LogP contribution in [-0.2, 0) is 28.6 Å². The number of hydrogen-bond donors (Lipinski definition) is 0. The van der Waals surface area contributed by atoms with Gasteiger partial charge in [0.2, 0.25) is 0 Å². The fourth-order valence-corrected chi connectivity index (χ4v) is 10.4. The third-order valence-electron chi connectivity index (χ3n) is 15.7. The summed E-state index contributed by atoms with van der Waals surface area (Å²) in [6.45, 7) is 6.57. The molecule has 0 aromatic carbocycles. The molecule has 0 aromatic heterocycles. The van der Waals surface area contributed by atoms with Gasteiger partial charge in [-0.25, -0.2) is 0 Å². The van der Waals surface area contributed by atoms with E-state index in [2.05, 4.69) is 93.7 Å². The van der Waals surface area contributed by atoms with Crippen LogP contribution in [-0.4, -0.2) is 37.2 Å². The first-order valence-corrected chi connectivity index (χ1v) is 35.4. The second-order valence-electron chi connectivity index (χ2n) is 23.8. The van der Waals surface area contributed by atoms with Gasteiger partial charge in [-0.2, -0.15) is 0 Å². The van der Waals surface area contributed by atoms with Crippen molar-refractivity contribution >= 4 is 17.9 Å². The molecule has 0 saturated carbocycles. The van der Waals surface area contributed by atoms with Crippen molar-refractivity contribution in [2.45, 2.75) is 374 Å². The predicted octanol–water partition coefficient (Wildman–Crippen LogP) is 24.4. The van der Waals surface area contributed by atoms with Crippen molar-refractivity contribution < 1.29 is 28.6 Å². The van der Waals surface area contributed by atoms with E-state index in [-0.39, 0.29) is 31.1 Å². The molecule has 0 spiro atoms. The Bertz CT molecular complexity index is 1490. The first-order valence-electron chi connectivity index (χ1n) is 35.4. The molecule has 6 nitrogen and oxygen atoms in total. The van der Waals surface area contributed by atoms with Crippen molar-refractivity contribution in [1.29, 1.82) is 0 Å². The number of carbonyl (C=O) groups excluding carboxylic acids is 3. The molecule has 6 heteroatoms. The highest BCUT2D eigenvalue weighted by molar-refractivity contribution is 5.71. The summed E-state index contributed by atoms with van der Waals surface area (Å²) >= 11 is 0. The normalized spacial score (nSPS) is 12.5. The van der Waals surface area contributed by atoms with Gasteiger partial charge in [0, 0.05) is 19.3 Å². The summed E-state index contributed by atoms with van der Waals surface area (Å²) in [5.41, 5.74) is 0. The SMILES string of the molecule is CC/C=C\C/C=C\C/C=C\C/C=C\C/C=C\CCCCCCCC(=O)OC(COC(=O)CCCCCCCCC/C=C\CCCCCCCCC)COC(=O)CCCCCCCCCCCCCCCCCCCCCCCCCC. The van der Waals surface area contributed by atoms with Crippen LogP contribution in [0.1, 0.15) is 367 Å². The van der Waals surface area contributed by atoms with Gasteiger partial charge in [0.15, 0.2) is 6.10 Å². The van der Waals surface area contributed by atoms with E-state index >= 15 is 0 Å². The first-order chi connectivity index (χ1) is 40.0. The van der Waals surface area contributed by atoms with Crippen molar-refractivity contribution in [3.63, 3.8) is 0 Å². The van der Waals surface area contributed by atoms with E-state index in [1.165, 1.54) is 218 Å². The summed E-state index contributed by atoms with van der Waals surface area (Å²) in [4.78, 5) is 38.5. The lowest BCUT2D eigenvalue weighted by molar-refractivity contribution is -0.167. The minimum atomic E-state index is -0.789. The van der Waals surface area contributed by atoms with E-state index in [9.17, 15) is 14.4 Å². The standard InChI is InChI=1S/C75H134O6/c1-4-7-10-13-16-19-22-25-28-31-34-36-37-38-40-41-44-47-50-53-56-59-62-65-68-74(77)80-71-72(70-79-73(76)67-64-61-58-55-52-49-46-43-33-30-27-24-21-18-15-12-9-6-3)81-75(78)69-66-63-60-57-54-51-48-45-42-39-35-32-29-26-23-20-17-14-11-8-5-2/h8,11,17,20,26,29-30,33,35,39,45,48,72H,4-7,9-10,12-16,18-19,21-25,27-28,31-32,34,36-38,40-44,46-47,49-71H2,1-3H3/b11-8-,20-17-,29-26-,33-30-,39-35-,48-45-. The van der Waals surface area contributed by atoms with Crippen molar-refractivity contribution in [1.82, 2.24) is 0 Å². The molecular formula is C75H134O6. The lowest BCUT2D eigenvalue weighted by Gasteiger charge is -2.18. The van der Waals surface area contributed by atoms with Gasteiger partial charge in [-0.15, -0.1) is 0 Å². The first kappa shape index (κ1) is 77.9. The zero-order valence-electron chi connectivity index (χ0n) is 54.1. The van der Waals surface area contributed by atoms with Crippen LogP contribution in [0.2, 0.25) is 0 Å². The zero-order valence-corrected chi connectivity index (χ0v) is 54.1. The molecule has 0 aliphatic rings. The number of ether oxygens (including phenoxy) is 3. The Labute approximate surface area is 503 Å². The van der Waals surface area contributed by atoms with E-state index in [1.54, 1.807) is 0 Å². The van der Waals surface area contributed by atoms with Crippen LogP contribution >= 0.6 is 0 Å². The molecule has 1 unspecified atom stereocenters. The van der Waals surface area contributed by atoms with Crippen LogP contribution in [0.15, 0.2) is 72.9 Å². The van der Waals surface area contributed by atoms with Crippen molar-refractivity contribution in [3.8, 4) is 0 Å². The summed E-state index contributed by atoms with van der Waals surface area (Å²) in [5.74, 6) is -0.882. The molecule has 0 aliphatic heterocycles. The molecule has 0 aliphatic carbocycles. The third-order valence-corrected chi connectivity index (χ3v) is 15.7. The molecular weight excluding hydrogens is 997 g/mol. The van der Waals surface area contributed by atoms with Gasteiger partial charge in [0.05, 0.1) is 0 Å². The monoisotopic (exact) mass is 1130 g/mol. The number of esters is 3. The Hall–Kier alpha value is -3.15. The smallest absolute Gasteiger partial charge is 0.306 e. The molecule has 470 valence electrons. The number of carbonyl (C=O) groups is 3. The van der Waals surface area contributed by atoms with Crippen LogP contribution in [0.25, 0.3) is 0 Å². The molecule has 0 aromatic rings. The van der Waals surface area contributed by atoms with Crippen LogP contribution in [0, 0.1) is 0 Å². The summed E-state index contributed by atoms with van der Waals surface area (Å²) in [6, 6.07) is 0. The van der Waals surface area contributed by atoms with Gasteiger partial charge in [-0.1, -0.05) is 331 Å². The topological polar surface area (TPSA) is 78.9 Å². The van der Waals surface area contributed by atoms with E-state index in [1.807, 2.05) is 0 Å². The maximum atomic E-state index is 13.0. The highest BCUT2D eigenvalue weighted by Crippen LogP contribution is 2.18. The second-order valence-corrected chi connectivity index (χ2v) is 23.8. The largest absolute Gasteiger partial charge is 0.462 e. The highest BCUT2D eigenvalue weighted by atomic mass is 16.6. The van der Waals surface area contributed by atoms with E-state index in [4.69, 9.17) is 14.2 Å². The maximum Gasteiger partial charge on any atom is 0.306 e. The van der Waals surface area contributed by atoms with Gasteiger partial charge in [0.1, 0.15) is 13.2 Å². The van der Waals surface area contributed by atoms with Crippen LogP contribution in [0.4, 0.5) is 0 Å². The quantitative estimate of drug-likeness (QED) is 0.0261. The van der Waals surface area contributed by atoms with Crippen molar-refractivity contribution in [2.24, 2.45) is 0 Å². The number of allylic oxidation sites excluding steroid dienone is 12. The molecule has 0 saturated heterocycles. The number of unbranched alkanes of at least 4 members (excludes halogenated alkanes) is 42. The van der Waals surface area contributed by atoms with Crippen molar-refractivity contribution in [3.05, 3.63) is 72.9 Å². The minimum absolute atomic E-state index is 0.0813. The molecule has 0 N–H and O–H groups in total. The molecule has 0 bridgehead atoms. The molecule has 0 amide bonds. The molecule has 0 radical (unpaired) electrons. The molecule has 0 fully saturated rings. The van der Waals surface area contributed by atoms with Crippen LogP contribution in [0.5, 0.6) is 0 Å². The minimum Gasteiger partial charge on any atom is -0.462 e. The molecule has 81 heavy (non-hydrogen) atoms. The summed E-state index contributed by atoms with van der Waals surface area (Å²) in [6.07, 6.45) is 90.7. The van der Waals surface area contributed by atoms with Gasteiger partial charge < -0.3 is 14.2 Å². The third kappa shape index (κ3) is 67.5. The van der Waals surface area contributed by atoms with Gasteiger partial charge in [-0.3, -0.25) is 14.4 Å². The fraction of sp³-hybridized carbons (Fsp3) is 0.800. The summed E-state index contributed by atoms with van der Waals surface area (Å²) in [5, 5.41) is 0. The van der Waals surface area contributed by atoms with Gasteiger partial charge >= 0.3 is 17.9 Å². The van der Waals surface area contributed by atoms with Crippen LogP contribution in [0.3, 0.4) is 0 Å². The Morgan fingerprint density at radius 1 is 0.259 bits per heavy atom. The fourth-order valence-electron chi connectivity index (χ4n) is 10.4.